The van der Waals surface area contributed by atoms with Gasteiger partial charge in [0.1, 0.15) is 4.90 Å². The van der Waals surface area contributed by atoms with Gasteiger partial charge in [0.05, 0.1) is 5.69 Å². The summed E-state index contributed by atoms with van der Waals surface area (Å²) in [5.74, 6) is 0.721. The first-order chi connectivity index (χ1) is 9.51. The summed E-state index contributed by atoms with van der Waals surface area (Å²) in [7, 11) is -2.05. The SMILES string of the molecule is CNS(=O)(=O)c1cc(N)ccc1N(CC1CC1)C1CC1. The Morgan fingerprint density at radius 3 is 2.55 bits per heavy atom. The quantitative estimate of drug-likeness (QED) is 0.781. The number of nitrogens with zero attached hydrogens (tertiary/aromatic N) is 1. The molecule has 2 saturated carbocycles. The van der Waals surface area contributed by atoms with Crippen LogP contribution in [0, 0.1) is 5.92 Å². The van der Waals surface area contributed by atoms with Gasteiger partial charge in [0.25, 0.3) is 0 Å². The molecular weight excluding hydrogens is 274 g/mol. The van der Waals surface area contributed by atoms with Gasteiger partial charge in [-0.1, -0.05) is 0 Å². The van der Waals surface area contributed by atoms with Gasteiger partial charge >= 0.3 is 0 Å². The summed E-state index contributed by atoms with van der Waals surface area (Å²) in [6.45, 7) is 0.959. The molecule has 0 atom stereocenters. The number of hydrogen-bond acceptors (Lipinski definition) is 4. The van der Waals surface area contributed by atoms with E-state index in [-0.39, 0.29) is 0 Å². The van der Waals surface area contributed by atoms with Crippen LogP contribution in [0.1, 0.15) is 25.7 Å². The molecule has 3 N–H and O–H groups in total. The van der Waals surface area contributed by atoms with Crippen molar-refractivity contribution in [3.8, 4) is 0 Å². The van der Waals surface area contributed by atoms with E-state index in [0.717, 1.165) is 31.0 Å². The summed E-state index contributed by atoms with van der Waals surface area (Å²) in [5.41, 5.74) is 7.04. The van der Waals surface area contributed by atoms with E-state index in [9.17, 15) is 8.42 Å². The molecule has 1 aromatic rings. The van der Waals surface area contributed by atoms with E-state index in [4.69, 9.17) is 5.73 Å². The highest BCUT2D eigenvalue weighted by atomic mass is 32.2. The number of rotatable bonds is 6. The number of hydrogen-bond donors (Lipinski definition) is 2. The molecule has 0 unspecified atom stereocenters. The molecule has 0 bridgehead atoms. The predicted octanol–water partition coefficient (Wildman–Crippen LogP) is 1.56. The van der Waals surface area contributed by atoms with Gasteiger partial charge in [-0.05, 0) is 56.8 Å². The van der Waals surface area contributed by atoms with Gasteiger partial charge in [-0.25, -0.2) is 13.1 Å². The Morgan fingerprint density at radius 2 is 2.00 bits per heavy atom. The molecule has 1 aromatic carbocycles. The molecule has 20 heavy (non-hydrogen) atoms. The first-order valence-corrected chi connectivity index (χ1v) is 8.59. The van der Waals surface area contributed by atoms with Crippen LogP contribution in [0.15, 0.2) is 23.1 Å². The summed E-state index contributed by atoms with van der Waals surface area (Å²) in [6.07, 6.45) is 4.81. The number of nitrogens with two attached hydrogens (primary N) is 1. The van der Waals surface area contributed by atoms with Gasteiger partial charge in [-0.2, -0.15) is 0 Å². The molecule has 5 nitrogen and oxygen atoms in total. The zero-order chi connectivity index (χ0) is 14.3. The fourth-order valence-corrected chi connectivity index (χ4v) is 3.47. The van der Waals surface area contributed by atoms with E-state index in [1.165, 1.54) is 19.9 Å². The Labute approximate surface area is 120 Å². The van der Waals surface area contributed by atoms with Crippen LogP contribution in [0.5, 0.6) is 0 Å². The summed E-state index contributed by atoms with van der Waals surface area (Å²) in [6, 6.07) is 5.68. The molecule has 0 aliphatic heterocycles. The van der Waals surface area contributed by atoms with Crippen LogP contribution < -0.4 is 15.4 Å². The Kier molecular flexibility index (Phi) is 3.38. The molecule has 0 heterocycles. The summed E-state index contributed by atoms with van der Waals surface area (Å²) in [5, 5.41) is 0. The van der Waals surface area contributed by atoms with E-state index in [2.05, 4.69) is 9.62 Å². The van der Waals surface area contributed by atoms with Crippen LogP contribution in [-0.4, -0.2) is 28.1 Å². The minimum atomic E-state index is -3.49. The van der Waals surface area contributed by atoms with Crippen LogP contribution in [0.4, 0.5) is 11.4 Å². The van der Waals surface area contributed by atoms with Crippen LogP contribution in [0.3, 0.4) is 0 Å². The lowest BCUT2D eigenvalue weighted by molar-refractivity contribution is 0.587. The molecule has 0 spiro atoms. The average Bonchev–Trinajstić information content (AvgIpc) is 3.28. The smallest absolute Gasteiger partial charge is 0.242 e. The lowest BCUT2D eigenvalue weighted by atomic mass is 10.2. The number of anilines is 2. The van der Waals surface area contributed by atoms with Crippen LogP contribution in [0.2, 0.25) is 0 Å². The minimum absolute atomic E-state index is 0.299. The maximum atomic E-state index is 12.2. The zero-order valence-electron chi connectivity index (χ0n) is 11.7. The Hall–Kier alpha value is -1.27. The number of sulfonamides is 1. The third-order valence-corrected chi connectivity index (χ3v) is 5.43. The highest BCUT2D eigenvalue weighted by molar-refractivity contribution is 7.89. The molecule has 0 radical (unpaired) electrons. The number of nitrogen functional groups attached to an aromatic ring is 1. The maximum Gasteiger partial charge on any atom is 0.242 e. The minimum Gasteiger partial charge on any atom is -0.399 e. The van der Waals surface area contributed by atoms with E-state index in [1.807, 2.05) is 6.07 Å². The van der Waals surface area contributed by atoms with E-state index >= 15 is 0 Å². The second-order valence-electron chi connectivity index (χ2n) is 5.76. The van der Waals surface area contributed by atoms with Gasteiger partial charge in [0, 0.05) is 18.3 Å². The molecule has 3 rings (SSSR count). The maximum absolute atomic E-state index is 12.2. The molecule has 2 aliphatic rings. The second kappa shape index (κ2) is 4.93. The summed E-state index contributed by atoms with van der Waals surface area (Å²) >= 11 is 0. The predicted molar refractivity (Wildman–Crippen MR) is 80.2 cm³/mol. The molecule has 2 aliphatic carbocycles. The standard InChI is InChI=1S/C14H21N3O2S/c1-16-20(18,19)14-8-11(15)4-7-13(14)17(12-5-6-12)9-10-2-3-10/h4,7-8,10,12,16H,2-3,5-6,9,15H2,1H3. The van der Waals surface area contributed by atoms with Crippen molar-refractivity contribution in [1.29, 1.82) is 0 Å². The van der Waals surface area contributed by atoms with Crippen LogP contribution in [-0.2, 0) is 10.0 Å². The Bertz CT molecular complexity index is 607. The normalized spacial score (nSPS) is 19.1. The molecule has 0 amide bonds. The van der Waals surface area contributed by atoms with Crippen LogP contribution >= 0.6 is 0 Å². The van der Waals surface area contributed by atoms with Crippen molar-refractivity contribution in [2.75, 3.05) is 24.2 Å². The molecular formula is C14H21N3O2S. The highest BCUT2D eigenvalue weighted by Crippen LogP contribution is 2.40. The number of nitrogens with one attached hydrogen (secondary N) is 1. The zero-order valence-corrected chi connectivity index (χ0v) is 12.5. The summed E-state index contributed by atoms with van der Waals surface area (Å²) in [4.78, 5) is 2.56. The van der Waals surface area contributed by atoms with E-state index in [1.54, 1.807) is 12.1 Å². The molecule has 0 saturated heterocycles. The topological polar surface area (TPSA) is 75.4 Å². The number of benzene rings is 1. The van der Waals surface area contributed by atoms with Gasteiger partial charge in [-0.15, -0.1) is 0 Å². The third-order valence-electron chi connectivity index (χ3n) is 3.99. The van der Waals surface area contributed by atoms with E-state index in [0.29, 0.717) is 16.6 Å². The molecule has 110 valence electrons. The molecule has 6 heteroatoms. The lowest BCUT2D eigenvalue weighted by Crippen LogP contribution is -2.31. The summed E-state index contributed by atoms with van der Waals surface area (Å²) < 4.78 is 26.9. The first kappa shape index (κ1) is 13.7. The Balaban J connectivity index is 2.01. The van der Waals surface area contributed by atoms with Gasteiger partial charge in [0.2, 0.25) is 10.0 Å². The second-order valence-corrected chi connectivity index (χ2v) is 7.62. The van der Waals surface area contributed by atoms with Crippen molar-refractivity contribution >= 4 is 21.4 Å². The molecule has 0 aromatic heterocycles. The Morgan fingerprint density at radius 1 is 1.30 bits per heavy atom. The van der Waals surface area contributed by atoms with Crippen molar-refractivity contribution < 1.29 is 8.42 Å². The lowest BCUT2D eigenvalue weighted by Gasteiger charge is -2.27. The van der Waals surface area contributed by atoms with Crippen molar-refractivity contribution in [3.63, 3.8) is 0 Å². The van der Waals surface area contributed by atoms with Crippen molar-refractivity contribution in [2.24, 2.45) is 5.92 Å². The van der Waals surface area contributed by atoms with E-state index < -0.39 is 10.0 Å². The van der Waals surface area contributed by atoms with Crippen molar-refractivity contribution in [2.45, 2.75) is 36.6 Å². The monoisotopic (exact) mass is 295 g/mol. The van der Waals surface area contributed by atoms with Gasteiger partial charge in [-0.3, -0.25) is 0 Å². The molecule has 2 fully saturated rings. The fraction of sp³-hybridized carbons (Fsp3) is 0.571. The highest BCUT2D eigenvalue weighted by Gasteiger charge is 2.36. The largest absolute Gasteiger partial charge is 0.399 e. The van der Waals surface area contributed by atoms with Crippen molar-refractivity contribution in [1.82, 2.24) is 4.72 Å². The average molecular weight is 295 g/mol. The fourth-order valence-electron chi connectivity index (χ4n) is 2.50. The first-order valence-electron chi connectivity index (χ1n) is 7.11. The van der Waals surface area contributed by atoms with Crippen molar-refractivity contribution in [3.05, 3.63) is 18.2 Å². The van der Waals surface area contributed by atoms with Gasteiger partial charge < -0.3 is 10.6 Å². The van der Waals surface area contributed by atoms with Crippen LogP contribution in [0.25, 0.3) is 0 Å². The third kappa shape index (κ3) is 2.76. The van der Waals surface area contributed by atoms with Gasteiger partial charge in [0.15, 0.2) is 0 Å².